The number of aromatic nitrogens is 8. The lowest BCUT2D eigenvalue weighted by Crippen LogP contribution is -2.36. The van der Waals surface area contributed by atoms with Crippen LogP contribution in [0.3, 0.4) is 0 Å². The third kappa shape index (κ3) is 22.4. The topological polar surface area (TPSA) is 593 Å². The predicted molar refractivity (Wildman–Crippen MR) is 540 cm³/mol. The third-order valence-electron chi connectivity index (χ3n) is 23.3. The van der Waals surface area contributed by atoms with Crippen molar-refractivity contribution in [2.75, 3.05) is 111 Å². The van der Waals surface area contributed by atoms with Crippen LogP contribution in [0.2, 0.25) is 0 Å². The Bertz CT molecular complexity index is 6920. The van der Waals surface area contributed by atoms with Crippen molar-refractivity contribution in [3.63, 3.8) is 0 Å². The van der Waals surface area contributed by atoms with E-state index in [1.807, 2.05) is 103 Å². The molecular weight excluding hydrogens is 1930 g/mol. The summed E-state index contributed by atoms with van der Waals surface area (Å²) in [5.74, 6) is 7.50. The molecule has 22 N–H and O–H groups in total. The van der Waals surface area contributed by atoms with Gasteiger partial charge in [0.25, 0.3) is 0 Å². The van der Waals surface area contributed by atoms with Gasteiger partial charge < -0.3 is 143 Å². The van der Waals surface area contributed by atoms with Crippen molar-refractivity contribution in [3.05, 3.63) is 237 Å². The highest BCUT2D eigenvalue weighted by molar-refractivity contribution is 9.11. The number of aliphatic hydroxyl groups is 5. The Labute approximate surface area is 823 Å². The van der Waals surface area contributed by atoms with Gasteiger partial charge in [0, 0.05) is 58.1 Å². The summed E-state index contributed by atoms with van der Waals surface area (Å²) in [6.45, 7) is 15.7. The van der Waals surface area contributed by atoms with Gasteiger partial charge in [-0.05, 0) is 193 Å². The maximum absolute atomic E-state index is 12.4. The molecule has 8 heterocycles. The Morgan fingerprint density at radius 3 is 1.64 bits per heavy atom. The summed E-state index contributed by atoms with van der Waals surface area (Å²) >= 11 is 7.00. The van der Waals surface area contributed by atoms with Crippen molar-refractivity contribution >= 4 is 110 Å². The molecule has 4 aliphatic rings. The molecule has 140 heavy (non-hydrogen) atoms. The number of pyridine rings is 2. The number of rotatable bonds is 22. The summed E-state index contributed by atoms with van der Waals surface area (Å²) in [6.07, 6.45) is -1.83. The summed E-state index contributed by atoms with van der Waals surface area (Å²) in [5.41, 5.74) is 58.8. The number of nitrogens with one attached hydrogen (secondary N) is 1. The first-order valence-electron chi connectivity index (χ1n) is 44.2. The number of nitrogens with two attached hydrogens (primary N) is 8. The average molecular weight is 2050 g/mol. The van der Waals surface area contributed by atoms with Gasteiger partial charge in [0.1, 0.15) is 76.6 Å². The zero-order chi connectivity index (χ0) is 102. The first-order chi connectivity index (χ1) is 66.8. The normalized spacial score (nSPS) is 16.6. The maximum atomic E-state index is 12.4. The number of anilines is 6. The minimum Gasteiger partial charge on any atom is -0.493 e. The van der Waals surface area contributed by atoms with Crippen LogP contribution >= 0.6 is 31.9 Å². The fourth-order valence-electron chi connectivity index (χ4n) is 16.9. The summed E-state index contributed by atoms with van der Waals surface area (Å²) in [5, 5.41) is 73.4. The van der Waals surface area contributed by atoms with Gasteiger partial charge in [-0.2, -0.15) is 15.5 Å². The number of nitrogens with zero attached hydrogens (tertiary/aromatic N) is 10. The number of benzene rings is 7. The molecule has 0 bridgehead atoms. The number of nitrogen functional groups attached to an aromatic ring is 6. The van der Waals surface area contributed by atoms with E-state index in [1.54, 1.807) is 127 Å². The molecule has 13 aromatic rings. The molecule has 1 saturated heterocycles. The van der Waals surface area contributed by atoms with Crippen LogP contribution in [0.1, 0.15) is 124 Å². The van der Waals surface area contributed by atoms with Gasteiger partial charge in [-0.1, -0.05) is 61.5 Å². The summed E-state index contributed by atoms with van der Waals surface area (Å²) < 4.78 is 72.1. The van der Waals surface area contributed by atoms with Crippen molar-refractivity contribution in [3.8, 4) is 80.8 Å². The minimum absolute atomic E-state index is 0.00629. The smallest absolute Gasteiger partial charge is 0.351 e. The highest BCUT2D eigenvalue weighted by Gasteiger charge is 2.44. The van der Waals surface area contributed by atoms with Gasteiger partial charge >= 0.3 is 5.69 Å². The summed E-state index contributed by atoms with van der Waals surface area (Å²) in [4.78, 5) is 45.6. The SMILES string of the molecule is CCNCc1nc2c(N)nc3ccccc3c2n1CC(C)(C)O.CCOCc1nc2c(N)nc3ccccc3c2n1CC(C)(C)O.COc1cc([C@H]2C(C#N)=C(C)Oc3cc(N)ccc32)cc(Br)c1OC.COc1cc([C@H]2C(C#N)=C(N)Oc3c2ccc(N)c3N)cc(Br)c1OC.COc1cc2c(c(OC)c1OC)-c1ccc(OC)c(=O)cc1[C@@H](N)CC2.Nc1ccn([C@@H]2O[C@H](CO)[C@H](O)C2O)c(=O)n1. The van der Waals surface area contributed by atoms with Gasteiger partial charge in [0.2, 0.25) is 17.1 Å². The number of para-hydroxylation sites is 2. The molecule has 0 radical (unpaired) electrons. The highest BCUT2D eigenvalue weighted by Crippen LogP contribution is 2.53. The quantitative estimate of drug-likeness (QED) is 0.0280. The van der Waals surface area contributed by atoms with E-state index in [1.165, 1.54) is 19.4 Å². The van der Waals surface area contributed by atoms with Crippen molar-refractivity contribution < 1.29 is 82.4 Å². The number of halogens is 2. The second kappa shape index (κ2) is 45.1. The summed E-state index contributed by atoms with van der Waals surface area (Å²) in [6, 6.07) is 44.6. The molecule has 3 aliphatic heterocycles. The van der Waals surface area contributed by atoms with Crippen molar-refractivity contribution in [1.29, 1.82) is 10.5 Å². The molecule has 5 aromatic heterocycles. The first-order valence-corrected chi connectivity index (χ1v) is 45.7. The lowest BCUT2D eigenvalue weighted by Gasteiger charge is -2.28. The number of aryl methyl sites for hydroxylation is 1. The minimum atomic E-state index is -1.31. The predicted octanol–water partition coefficient (Wildman–Crippen LogP) is 11.9. The van der Waals surface area contributed by atoms with Crippen molar-refractivity contribution in [2.45, 2.75) is 141 Å². The second-order valence-electron chi connectivity index (χ2n) is 33.9. The van der Waals surface area contributed by atoms with E-state index in [9.17, 15) is 40.5 Å². The molecule has 7 atom stereocenters. The number of nitriles is 2. The molecular formula is C100H115Br2N19O19. The molecule has 0 spiro atoms. The number of fused-ring (bicyclic) bond motifs is 11. The van der Waals surface area contributed by atoms with Gasteiger partial charge in [0.15, 0.2) is 63.9 Å². The number of ether oxygens (including phenoxy) is 12. The van der Waals surface area contributed by atoms with E-state index < -0.39 is 54.0 Å². The van der Waals surface area contributed by atoms with E-state index in [-0.39, 0.29) is 46.1 Å². The number of imidazole rings is 2. The van der Waals surface area contributed by atoms with Crippen LogP contribution in [0.25, 0.3) is 55.0 Å². The van der Waals surface area contributed by atoms with Crippen molar-refractivity contribution in [1.82, 2.24) is 43.9 Å². The van der Waals surface area contributed by atoms with Crippen LogP contribution in [0.15, 0.2) is 181 Å². The Balaban J connectivity index is 0.000000151. The Morgan fingerprint density at radius 2 is 1.12 bits per heavy atom. The average Bonchev–Trinajstić information content (AvgIpc) is 1.38. The third-order valence-corrected chi connectivity index (χ3v) is 24.5. The van der Waals surface area contributed by atoms with Gasteiger partial charge in [0.05, 0.1) is 160 Å². The fourth-order valence-corrected chi connectivity index (χ4v) is 18.1. The fraction of sp³-hybridized carbons (Fsp3) is 0.330. The molecule has 1 fully saturated rings. The first kappa shape index (κ1) is 105. The summed E-state index contributed by atoms with van der Waals surface area (Å²) in [7, 11) is 12.5. The molecule has 40 heteroatoms. The lowest BCUT2D eigenvalue weighted by atomic mass is 9.82. The van der Waals surface area contributed by atoms with Crippen LogP contribution in [-0.4, -0.2) is 170 Å². The van der Waals surface area contributed by atoms with E-state index in [0.29, 0.717) is 146 Å². The zero-order valence-electron chi connectivity index (χ0n) is 80.0. The molecule has 1 unspecified atom stereocenters. The van der Waals surface area contributed by atoms with Crippen LogP contribution in [0.4, 0.5) is 34.5 Å². The zero-order valence-corrected chi connectivity index (χ0v) is 83.2. The number of methoxy groups -OCH3 is 8. The van der Waals surface area contributed by atoms with E-state index in [2.05, 4.69) is 78.8 Å². The van der Waals surface area contributed by atoms with Gasteiger partial charge in [-0.15, -0.1) is 0 Å². The molecule has 738 valence electrons. The van der Waals surface area contributed by atoms with Crippen LogP contribution in [0, 0.1) is 22.7 Å². The number of aliphatic hydroxyl groups excluding tert-OH is 3. The van der Waals surface area contributed by atoms with E-state index >= 15 is 0 Å². The molecule has 1 aliphatic carbocycles. The van der Waals surface area contributed by atoms with Crippen molar-refractivity contribution in [2.24, 2.45) is 11.5 Å². The van der Waals surface area contributed by atoms with Crippen LogP contribution < -0.4 is 110 Å². The van der Waals surface area contributed by atoms with Crippen LogP contribution in [0.5, 0.6) is 57.5 Å². The molecule has 0 amide bonds. The molecule has 8 aromatic carbocycles. The monoisotopic (exact) mass is 2040 g/mol. The number of hydrogen-bond donors (Lipinski definition) is 14. The number of hydrogen-bond acceptors (Lipinski definition) is 35. The standard InChI is InChI=1S/C20H23NO5.C19H17BrN2O3.C18H17BrN4O3.C17H23N5O.C17H22N4O2.C9H13N3O5/c1-23-16-8-6-12-13(10-15(16)22)14(21)7-5-11-9-17(24-2)19(25-3)20(26-4)18(11)12;1-10-14(9-21)18(13-5-4-12(22)8-16(13)25-10)11-6-15(20)19(24-3)17(7-11)23-2;1-24-13-6-8(5-11(19)17(13)25-2)14-9-3-4-12(21)15(22)16(9)26-18(23)10(14)7-20;1-4-19-9-13-21-14-15(22(13)10-17(2,3)23)11-7-5-6-8-12(11)20-16(14)18;1-4-23-9-13-20-14-15(21(13)10-17(2,3)22)11-7-5-6-8-12(11)19-16(14)18;10-5-1-2-12(9(16)11-5)8-7(15)6(14)4(3-13)17-8/h6,8-10,14H,5,7,21H2,1-4H3;4-8,18H,22H2,1-3H3;3-6,14H,21-23H2,1-2H3;5-8,19,23H,4,9-10H2,1-3H3,(H2,18,20);5-8,22H,4,9-10H2,1-3H3,(H2,18,19);1-2,4,6-8,13-15H,3H2,(H2,10,11,16)/t14-;18-;14-;;;4-,6+,7?,8-/m011..1/s1. The van der Waals surface area contributed by atoms with E-state index in [4.69, 9.17) is 108 Å². The molecule has 17 rings (SSSR count). The highest BCUT2D eigenvalue weighted by atomic mass is 79.9. The molecule has 0 saturated carbocycles. The molecule has 38 nitrogen and oxygen atoms in total. The van der Waals surface area contributed by atoms with Gasteiger partial charge in [-0.3, -0.25) is 9.36 Å². The Morgan fingerprint density at radius 1 is 0.586 bits per heavy atom. The maximum Gasteiger partial charge on any atom is 0.351 e. The van der Waals surface area contributed by atoms with E-state index in [0.717, 1.165) is 105 Å². The Hall–Kier alpha value is -14.3. The second-order valence-corrected chi connectivity index (χ2v) is 35.6. The number of allylic oxidation sites excluding steroid dienone is 3. The largest absolute Gasteiger partial charge is 0.493 e. The lowest BCUT2D eigenvalue weighted by molar-refractivity contribution is -0.0549. The Kier molecular flexibility index (Phi) is 33.7. The van der Waals surface area contributed by atoms with Gasteiger partial charge in [-0.25, -0.2) is 24.7 Å². The van der Waals surface area contributed by atoms with Crippen LogP contribution in [-0.2, 0) is 42.1 Å².